The maximum Gasteiger partial charge on any atom is 0.0702 e. The van der Waals surface area contributed by atoms with Crippen molar-refractivity contribution in [2.75, 3.05) is 19.7 Å². The van der Waals surface area contributed by atoms with Crippen LogP contribution in [0, 0.1) is 0 Å². The van der Waals surface area contributed by atoms with E-state index in [1.807, 2.05) is 0 Å². The van der Waals surface area contributed by atoms with Gasteiger partial charge in [-0.2, -0.15) is 0 Å². The summed E-state index contributed by atoms with van der Waals surface area (Å²) in [5.74, 6) is 0. The summed E-state index contributed by atoms with van der Waals surface area (Å²) in [5, 5.41) is 0. The van der Waals surface area contributed by atoms with Crippen molar-refractivity contribution in [2.45, 2.75) is 57.2 Å². The molecule has 88 valence electrons. The molecule has 0 aliphatic carbocycles. The average Bonchev–Trinajstić information content (AvgIpc) is 2.24. The van der Waals surface area contributed by atoms with Crippen LogP contribution in [0.5, 0.6) is 0 Å². The highest BCUT2D eigenvalue weighted by atomic mass is 16.5. The van der Waals surface area contributed by atoms with E-state index in [1.165, 1.54) is 19.3 Å². The third kappa shape index (κ3) is 3.16. The second-order valence-electron chi connectivity index (χ2n) is 5.12. The van der Waals surface area contributed by atoms with Crippen LogP contribution in [0.25, 0.3) is 0 Å². The van der Waals surface area contributed by atoms with Gasteiger partial charge >= 0.3 is 0 Å². The third-order valence-electron chi connectivity index (χ3n) is 3.77. The van der Waals surface area contributed by atoms with E-state index in [9.17, 15) is 0 Å². The van der Waals surface area contributed by atoms with E-state index in [4.69, 9.17) is 10.5 Å². The maximum atomic E-state index is 5.96. The van der Waals surface area contributed by atoms with Crippen LogP contribution in [0.15, 0.2) is 0 Å². The molecule has 3 unspecified atom stereocenters. The summed E-state index contributed by atoms with van der Waals surface area (Å²) in [6.07, 6.45) is 6.61. The normalized spacial score (nSPS) is 39.2. The van der Waals surface area contributed by atoms with Gasteiger partial charge in [0.05, 0.1) is 6.10 Å². The lowest BCUT2D eigenvalue weighted by Gasteiger charge is -2.39. The van der Waals surface area contributed by atoms with E-state index in [0.717, 1.165) is 32.5 Å². The fraction of sp³-hybridized carbons (Fsp3) is 1.00. The van der Waals surface area contributed by atoms with Crippen LogP contribution in [-0.4, -0.2) is 42.8 Å². The summed E-state index contributed by atoms with van der Waals surface area (Å²) in [7, 11) is 0. The van der Waals surface area contributed by atoms with Gasteiger partial charge in [0, 0.05) is 25.2 Å². The largest absolute Gasteiger partial charge is 0.377 e. The van der Waals surface area contributed by atoms with E-state index >= 15 is 0 Å². The molecule has 0 saturated carbocycles. The molecule has 0 spiro atoms. The smallest absolute Gasteiger partial charge is 0.0702 e. The maximum absolute atomic E-state index is 5.96. The van der Waals surface area contributed by atoms with Crippen molar-refractivity contribution >= 4 is 0 Å². The number of ether oxygens (including phenoxy) is 1. The lowest BCUT2D eigenvalue weighted by Crippen LogP contribution is -2.48. The molecule has 2 heterocycles. The molecule has 3 atom stereocenters. The minimum atomic E-state index is 0.420. The minimum Gasteiger partial charge on any atom is -0.377 e. The van der Waals surface area contributed by atoms with Crippen LogP contribution in [-0.2, 0) is 4.74 Å². The summed E-state index contributed by atoms with van der Waals surface area (Å²) in [6.45, 7) is 5.53. The Balaban J connectivity index is 1.77. The molecule has 2 rings (SSSR count). The summed E-state index contributed by atoms with van der Waals surface area (Å²) in [6, 6.07) is 1.06. The van der Waals surface area contributed by atoms with Crippen molar-refractivity contribution in [3.8, 4) is 0 Å². The van der Waals surface area contributed by atoms with Crippen molar-refractivity contribution in [3.05, 3.63) is 0 Å². The first-order chi connectivity index (χ1) is 7.25. The first kappa shape index (κ1) is 11.4. The molecule has 0 amide bonds. The molecule has 0 radical (unpaired) electrons. The van der Waals surface area contributed by atoms with Gasteiger partial charge in [-0.15, -0.1) is 0 Å². The molecule has 0 aromatic rings. The molecular weight excluding hydrogens is 188 g/mol. The average molecular weight is 212 g/mol. The minimum absolute atomic E-state index is 0.420. The van der Waals surface area contributed by atoms with Gasteiger partial charge < -0.3 is 10.5 Å². The van der Waals surface area contributed by atoms with Gasteiger partial charge in [0.25, 0.3) is 0 Å². The predicted octanol–water partition coefficient (Wildman–Crippen LogP) is 1.37. The number of nitrogens with zero attached hydrogens (tertiary/aromatic N) is 1. The molecule has 15 heavy (non-hydrogen) atoms. The van der Waals surface area contributed by atoms with Gasteiger partial charge in [0.1, 0.15) is 0 Å². The van der Waals surface area contributed by atoms with Crippen LogP contribution in [0.3, 0.4) is 0 Å². The van der Waals surface area contributed by atoms with Crippen LogP contribution < -0.4 is 5.73 Å². The Hall–Kier alpha value is -0.120. The molecule has 0 aromatic heterocycles. The van der Waals surface area contributed by atoms with Crippen molar-refractivity contribution in [1.82, 2.24) is 4.90 Å². The molecule has 0 bridgehead atoms. The fourth-order valence-electron chi connectivity index (χ4n) is 2.74. The first-order valence-electron chi connectivity index (χ1n) is 6.37. The Bertz CT molecular complexity index is 192. The van der Waals surface area contributed by atoms with Crippen molar-refractivity contribution < 1.29 is 4.74 Å². The summed E-state index contributed by atoms with van der Waals surface area (Å²) in [4.78, 5) is 2.55. The Morgan fingerprint density at radius 1 is 1.33 bits per heavy atom. The van der Waals surface area contributed by atoms with Gasteiger partial charge in [-0.05, 0) is 45.6 Å². The zero-order valence-electron chi connectivity index (χ0n) is 9.82. The summed E-state index contributed by atoms with van der Waals surface area (Å²) >= 11 is 0. The molecule has 2 aliphatic rings. The summed E-state index contributed by atoms with van der Waals surface area (Å²) in [5.41, 5.74) is 5.96. The number of rotatable bonds is 2. The second kappa shape index (κ2) is 5.28. The molecule has 2 aliphatic heterocycles. The molecule has 2 fully saturated rings. The van der Waals surface area contributed by atoms with Crippen LogP contribution in [0.4, 0.5) is 0 Å². The van der Waals surface area contributed by atoms with E-state index in [1.54, 1.807) is 0 Å². The fourth-order valence-corrected chi connectivity index (χ4v) is 2.74. The lowest BCUT2D eigenvalue weighted by atomic mass is 9.98. The van der Waals surface area contributed by atoms with Crippen molar-refractivity contribution in [2.24, 2.45) is 5.73 Å². The molecular formula is C12H24N2O. The van der Waals surface area contributed by atoms with Gasteiger partial charge in [0.15, 0.2) is 0 Å². The van der Waals surface area contributed by atoms with E-state index in [2.05, 4.69) is 11.8 Å². The highest BCUT2D eigenvalue weighted by molar-refractivity contribution is 4.82. The standard InChI is InChI=1S/C12H24N2O/c1-10-8-11(13)5-6-14(10)9-12-4-2-3-7-15-12/h10-12H,2-9,13H2,1H3. The van der Waals surface area contributed by atoms with Crippen LogP contribution in [0.2, 0.25) is 0 Å². The lowest BCUT2D eigenvalue weighted by molar-refractivity contribution is -0.0186. The number of likely N-dealkylation sites (tertiary alicyclic amines) is 1. The van der Waals surface area contributed by atoms with Gasteiger partial charge in [-0.3, -0.25) is 4.90 Å². The van der Waals surface area contributed by atoms with Gasteiger partial charge in [0.2, 0.25) is 0 Å². The topological polar surface area (TPSA) is 38.5 Å². The monoisotopic (exact) mass is 212 g/mol. The molecule has 2 saturated heterocycles. The summed E-state index contributed by atoms with van der Waals surface area (Å²) < 4.78 is 5.78. The van der Waals surface area contributed by atoms with Gasteiger partial charge in [-0.25, -0.2) is 0 Å². The number of piperidine rings is 1. The highest BCUT2D eigenvalue weighted by Gasteiger charge is 2.26. The number of hydrogen-bond acceptors (Lipinski definition) is 3. The number of nitrogens with two attached hydrogens (primary N) is 1. The Kier molecular flexibility index (Phi) is 4.00. The van der Waals surface area contributed by atoms with Crippen LogP contribution in [0.1, 0.15) is 39.0 Å². The van der Waals surface area contributed by atoms with E-state index in [-0.39, 0.29) is 0 Å². The number of hydrogen-bond donors (Lipinski definition) is 1. The third-order valence-corrected chi connectivity index (χ3v) is 3.77. The molecule has 2 N–H and O–H groups in total. The highest BCUT2D eigenvalue weighted by Crippen LogP contribution is 2.20. The van der Waals surface area contributed by atoms with E-state index < -0.39 is 0 Å². The Labute approximate surface area is 93.0 Å². The molecule has 3 nitrogen and oxygen atoms in total. The van der Waals surface area contributed by atoms with Crippen LogP contribution >= 0.6 is 0 Å². The zero-order chi connectivity index (χ0) is 10.7. The Morgan fingerprint density at radius 2 is 2.20 bits per heavy atom. The first-order valence-corrected chi connectivity index (χ1v) is 6.37. The van der Waals surface area contributed by atoms with Crippen molar-refractivity contribution in [1.29, 1.82) is 0 Å². The second-order valence-corrected chi connectivity index (χ2v) is 5.12. The quantitative estimate of drug-likeness (QED) is 0.751. The molecule has 3 heteroatoms. The van der Waals surface area contributed by atoms with Crippen molar-refractivity contribution in [3.63, 3.8) is 0 Å². The van der Waals surface area contributed by atoms with E-state index in [0.29, 0.717) is 18.2 Å². The SMILES string of the molecule is CC1CC(N)CCN1CC1CCCCO1. The molecule has 0 aromatic carbocycles. The van der Waals surface area contributed by atoms with Gasteiger partial charge in [-0.1, -0.05) is 0 Å². The predicted molar refractivity (Wildman–Crippen MR) is 61.8 cm³/mol. The Morgan fingerprint density at radius 3 is 2.87 bits per heavy atom. The zero-order valence-corrected chi connectivity index (χ0v) is 9.82.